The summed E-state index contributed by atoms with van der Waals surface area (Å²) in [5.41, 5.74) is 0. The Hall–Kier alpha value is -0.550. The van der Waals surface area contributed by atoms with E-state index in [1.54, 1.807) is 0 Å². The molecule has 1 atom stereocenters. The molecular weight excluding hydrogens is 159 g/mol. The number of hydrogen-bond acceptors (Lipinski definition) is 2. The lowest BCUT2D eigenvalue weighted by atomic mass is 10.5. The van der Waals surface area contributed by atoms with E-state index in [1.165, 1.54) is 24.1 Å². The van der Waals surface area contributed by atoms with Crippen LogP contribution in [-0.2, 0) is 4.74 Å². The molecule has 0 fully saturated rings. The van der Waals surface area contributed by atoms with Crippen LogP contribution < -0.4 is 0 Å². The molecule has 1 unspecified atom stereocenters. The van der Waals surface area contributed by atoms with E-state index in [9.17, 15) is 13.2 Å². The van der Waals surface area contributed by atoms with Gasteiger partial charge in [-0.15, -0.1) is 13.2 Å². The number of nitrogens with zero attached hydrogens (tertiary/aromatic N) is 1. The first-order valence-electron chi connectivity index (χ1n) is 2.89. The Bertz CT molecular complexity index is 166. The van der Waals surface area contributed by atoms with Gasteiger partial charge in [0.2, 0.25) is 0 Å². The minimum Gasteiger partial charge on any atom is -0.269 e. The second-order valence-corrected chi connectivity index (χ2v) is 2.05. The first-order chi connectivity index (χ1) is 4.99. The van der Waals surface area contributed by atoms with Gasteiger partial charge in [0.25, 0.3) is 0 Å². The molecule has 0 aromatic carbocycles. The zero-order valence-corrected chi connectivity index (χ0v) is 5.72. The van der Waals surface area contributed by atoms with Crippen LogP contribution in [0.3, 0.4) is 0 Å². The molecule has 0 bridgehead atoms. The average Bonchev–Trinajstić information content (AvgIpc) is 2.12. The molecule has 5 heteroatoms. The van der Waals surface area contributed by atoms with E-state index in [-0.39, 0.29) is 0 Å². The van der Waals surface area contributed by atoms with E-state index in [0.29, 0.717) is 0 Å². The standard InChI is InChI=1S/C6H6F3NO/c1-10-4-2-3-5(10)11-6(7,8)9/h2-3,5H,1H3. The molecule has 0 aliphatic carbocycles. The largest absolute Gasteiger partial charge is 0.524 e. The van der Waals surface area contributed by atoms with Gasteiger partial charge in [-0.1, -0.05) is 6.08 Å². The summed E-state index contributed by atoms with van der Waals surface area (Å²) in [5.74, 6) is 0. The van der Waals surface area contributed by atoms with Crippen molar-refractivity contribution in [2.24, 2.45) is 0 Å². The molecule has 0 aromatic rings. The summed E-state index contributed by atoms with van der Waals surface area (Å²) in [4.78, 5) is 1.20. The van der Waals surface area contributed by atoms with Crippen LogP contribution in [0.4, 0.5) is 13.2 Å². The number of alkyl halides is 3. The molecule has 2 nitrogen and oxygen atoms in total. The van der Waals surface area contributed by atoms with E-state index in [4.69, 9.17) is 0 Å². The Labute approximate surface area is 62.2 Å². The molecule has 0 amide bonds. The highest BCUT2D eigenvalue weighted by atomic mass is 19.4. The van der Waals surface area contributed by atoms with Crippen molar-refractivity contribution in [2.75, 3.05) is 7.05 Å². The summed E-state index contributed by atoms with van der Waals surface area (Å²) >= 11 is 0. The van der Waals surface area contributed by atoms with Gasteiger partial charge in [-0.3, -0.25) is 9.64 Å². The van der Waals surface area contributed by atoms with Crippen molar-refractivity contribution in [1.29, 1.82) is 0 Å². The first-order valence-corrected chi connectivity index (χ1v) is 2.89. The second-order valence-electron chi connectivity index (χ2n) is 2.05. The zero-order valence-electron chi connectivity index (χ0n) is 5.72. The summed E-state index contributed by atoms with van der Waals surface area (Å²) in [6.45, 7) is 2.52. The lowest BCUT2D eigenvalue weighted by Gasteiger charge is -2.19. The Kier molecular flexibility index (Phi) is 2.20. The van der Waals surface area contributed by atoms with Crippen LogP contribution in [0.1, 0.15) is 0 Å². The monoisotopic (exact) mass is 165 g/mol. The molecule has 0 N–H and O–H groups in total. The molecular formula is C6H6F3NO. The average molecular weight is 165 g/mol. The quantitative estimate of drug-likeness (QED) is 0.582. The normalized spacial score (nSPS) is 26.4. The summed E-state index contributed by atoms with van der Waals surface area (Å²) < 4.78 is 38.4. The van der Waals surface area contributed by atoms with Gasteiger partial charge in [0, 0.05) is 0 Å². The van der Waals surface area contributed by atoms with E-state index in [0.717, 1.165) is 0 Å². The highest BCUT2D eigenvalue weighted by Gasteiger charge is 2.35. The third kappa shape index (κ3) is 2.51. The molecule has 1 rings (SSSR count). The van der Waals surface area contributed by atoms with Gasteiger partial charge in [0.15, 0.2) is 0 Å². The molecule has 2 radical (unpaired) electrons. The van der Waals surface area contributed by atoms with Crippen molar-refractivity contribution < 1.29 is 17.9 Å². The van der Waals surface area contributed by atoms with E-state index < -0.39 is 12.6 Å². The maximum absolute atomic E-state index is 11.6. The van der Waals surface area contributed by atoms with E-state index >= 15 is 0 Å². The molecule has 11 heavy (non-hydrogen) atoms. The summed E-state index contributed by atoms with van der Waals surface area (Å²) in [6.07, 6.45) is -2.99. The first kappa shape index (κ1) is 8.55. The number of hydrogen-bond donors (Lipinski definition) is 0. The van der Waals surface area contributed by atoms with Crippen molar-refractivity contribution in [3.8, 4) is 0 Å². The molecule has 1 aliphatic rings. The van der Waals surface area contributed by atoms with Gasteiger partial charge in [0.1, 0.15) is 6.23 Å². The smallest absolute Gasteiger partial charge is 0.269 e. The molecule has 0 saturated carbocycles. The molecule has 1 heterocycles. The van der Waals surface area contributed by atoms with Crippen molar-refractivity contribution >= 4 is 0 Å². The van der Waals surface area contributed by atoms with Crippen LogP contribution in [0.5, 0.6) is 0 Å². The van der Waals surface area contributed by atoms with E-state index in [1.807, 2.05) is 0 Å². The molecule has 1 aliphatic heterocycles. The van der Waals surface area contributed by atoms with E-state index in [2.05, 4.69) is 11.3 Å². The predicted molar refractivity (Wildman–Crippen MR) is 31.1 cm³/mol. The second kappa shape index (κ2) is 2.83. The minimum atomic E-state index is -4.59. The zero-order chi connectivity index (χ0) is 8.48. The highest BCUT2D eigenvalue weighted by Crippen LogP contribution is 2.23. The topological polar surface area (TPSA) is 12.5 Å². The van der Waals surface area contributed by atoms with Crippen LogP contribution in [0.25, 0.3) is 0 Å². The Morgan fingerprint density at radius 1 is 1.55 bits per heavy atom. The number of ether oxygens (including phenoxy) is 1. The predicted octanol–water partition coefficient (Wildman–Crippen LogP) is 1.39. The van der Waals surface area contributed by atoms with Crippen molar-refractivity contribution in [1.82, 2.24) is 4.90 Å². The lowest BCUT2D eigenvalue weighted by Crippen LogP contribution is -2.31. The maximum Gasteiger partial charge on any atom is 0.524 e. The van der Waals surface area contributed by atoms with Crippen LogP contribution in [0.15, 0.2) is 12.2 Å². The third-order valence-electron chi connectivity index (χ3n) is 1.18. The molecule has 0 saturated heterocycles. The van der Waals surface area contributed by atoms with Gasteiger partial charge in [0.05, 0.1) is 6.54 Å². The Balaban J connectivity index is 2.43. The van der Waals surface area contributed by atoms with Crippen LogP contribution in [0, 0.1) is 6.54 Å². The van der Waals surface area contributed by atoms with Gasteiger partial charge in [-0.2, -0.15) is 0 Å². The number of likely N-dealkylation sites (N-methyl/N-ethyl adjacent to an activating group) is 1. The van der Waals surface area contributed by atoms with Crippen molar-refractivity contribution in [3.05, 3.63) is 18.7 Å². The highest BCUT2D eigenvalue weighted by molar-refractivity contribution is 5.06. The summed E-state index contributed by atoms with van der Waals surface area (Å²) in [6, 6.07) is 0. The van der Waals surface area contributed by atoms with Crippen molar-refractivity contribution in [3.63, 3.8) is 0 Å². The van der Waals surface area contributed by atoms with Crippen LogP contribution in [-0.4, -0.2) is 24.5 Å². The van der Waals surface area contributed by atoms with Gasteiger partial charge >= 0.3 is 6.36 Å². The van der Waals surface area contributed by atoms with Gasteiger partial charge in [-0.05, 0) is 13.1 Å². The number of rotatable bonds is 1. The number of halogens is 3. The maximum atomic E-state index is 11.6. The van der Waals surface area contributed by atoms with Gasteiger partial charge in [-0.25, -0.2) is 0 Å². The summed E-state index contributed by atoms with van der Waals surface area (Å²) in [5, 5.41) is 0. The minimum absolute atomic E-state index is 1.06. The van der Waals surface area contributed by atoms with Gasteiger partial charge < -0.3 is 0 Å². The van der Waals surface area contributed by atoms with Crippen molar-refractivity contribution in [2.45, 2.75) is 12.6 Å². The SMILES string of the molecule is CN1[C]C=CC1OC(F)(F)F. The molecule has 62 valence electrons. The third-order valence-corrected chi connectivity index (χ3v) is 1.18. The molecule has 0 spiro atoms. The fourth-order valence-electron chi connectivity index (χ4n) is 0.701. The van der Waals surface area contributed by atoms with Crippen LogP contribution in [0.2, 0.25) is 0 Å². The van der Waals surface area contributed by atoms with Crippen LogP contribution >= 0.6 is 0 Å². The molecule has 0 aromatic heterocycles. The Morgan fingerprint density at radius 3 is 2.55 bits per heavy atom. The summed E-state index contributed by atoms with van der Waals surface area (Å²) in [7, 11) is 1.45. The Morgan fingerprint density at radius 2 is 2.18 bits per heavy atom. The fraction of sp³-hybridized carbons (Fsp3) is 0.500. The lowest BCUT2D eigenvalue weighted by molar-refractivity contribution is -0.348. The fourth-order valence-corrected chi connectivity index (χ4v) is 0.701.